The summed E-state index contributed by atoms with van der Waals surface area (Å²) < 4.78 is 5.79. The van der Waals surface area contributed by atoms with Crippen LogP contribution in [0.15, 0.2) is 48.5 Å². The van der Waals surface area contributed by atoms with Crippen LogP contribution in [-0.2, 0) is 0 Å². The van der Waals surface area contributed by atoms with E-state index < -0.39 is 0 Å². The molecule has 0 fully saturated rings. The minimum absolute atomic E-state index is 0.176. The number of ether oxygens (including phenoxy) is 1. The molecule has 0 spiro atoms. The summed E-state index contributed by atoms with van der Waals surface area (Å²) in [6.07, 6.45) is 0.176. The molecule has 2 aromatic rings. The van der Waals surface area contributed by atoms with Crippen LogP contribution in [0, 0.1) is 0 Å². The zero-order chi connectivity index (χ0) is 14.1. The van der Waals surface area contributed by atoms with Crippen molar-refractivity contribution >= 4 is 11.4 Å². The van der Waals surface area contributed by atoms with Gasteiger partial charge in [-0.15, -0.1) is 0 Å². The van der Waals surface area contributed by atoms with Crippen molar-refractivity contribution in [3.8, 4) is 5.75 Å². The summed E-state index contributed by atoms with van der Waals surface area (Å²) in [7, 11) is 4.27. The van der Waals surface area contributed by atoms with E-state index in [1.807, 2.05) is 19.1 Å². The SMILES string of the molecule is CCOc1ccccc1C1N(C)c2ccccc2N1C. The van der Waals surface area contributed by atoms with Gasteiger partial charge in [-0.2, -0.15) is 0 Å². The van der Waals surface area contributed by atoms with Gasteiger partial charge in [0.25, 0.3) is 0 Å². The second-order valence-electron chi connectivity index (χ2n) is 5.06. The van der Waals surface area contributed by atoms with E-state index >= 15 is 0 Å². The van der Waals surface area contributed by atoms with E-state index in [-0.39, 0.29) is 6.17 Å². The first-order valence-electron chi connectivity index (χ1n) is 7.00. The Morgan fingerprint density at radius 1 is 0.900 bits per heavy atom. The second-order valence-corrected chi connectivity index (χ2v) is 5.06. The first-order valence-corrected chi connectivity index (χ1v) is 7.00. The fraction of sp³-hybridized carbons (Fsp3) is 0.294. The van der Waals surface area contributed by atoms with E-state index in [9.17, 15) is 0 Å². The lowest BCUT2D eigenvalue weighted by molar-refractivity contribution is 0.334. The lowest BCUT2D eigenvalue weighted by Crippen LogP contribution is -2.30. The Morgan fingerprint density at radius 3 is 2.05 bits per heavy atom. The molecule has 20 heavy (non-hydrogen) atoms. The molecule has 3 heteroatoms. The van der Waals surface area contributed by atoms with Gasteiger partial charge in [0.1, 0.15) is 11.9 Å². The van der Waals surface area contributed by atoms with E-state index in [2.05, 4.69) is 60.3 Å². The van der Waals surface area contributed by atoms with Crippen LogP contribution in [0.3, 0.4) is 0 Å². The molecule has 0 radical (unpaired) electrons. The highest BCUT2D eigenvalue weighted by atomic mass is 16.5. The van der Waals surface area contributed by atoms with Gasteiger partial charge >= 0.3 is 0 Å². The average molecular weight is 268 g/mol. The summed E-state index contributed by atoms with van der Waals surface area (Å²) in [6.45, 7) is 2.71. The van der Waals surface area contributed by atoms with Crippen molar-refractivity contribution in [1.29, 1.82) is 0 Å². The number of nitrogens with zero attached hydrogens (tertiary/aromatic N) is 2. The first-order chi connectivity index (χ1) is 9.74. The smallest absolute Gasteiger partial charge is 0.131 e. The maximum Gasteiger partial charge on any atom is 0.131 e. The Kier molecular flexibility index (Phi) is 3.26. The molecule has 0 aromatic heterocycles. The van der Waals surface area contributed by atoms with Gasteiger partial charge in [-0.05, 0) is 25.1 Å². The lowest BCUT2D eigenvalue weighted by Gasteiger charge is -2.29. The molecule has 1 heterocycles. The highest BCUT2D eigenvalue weighted by Crippen LogP contribution is 2.45. The Hall–Kier alpha value is -2.16. The van der Waals surface area contributed by atoms with Gasteiger partial charge in [0.05, 0.1) is 18.0 Å². The highest BCUT2D eigenvalue weighted by Gasteiger charge is 2.33. The van der Waals surface area contributed by atoms with Crippen LogP contribution in [0.1, 0.15) is 18.7 Å². The van der Waals surface area contributed by atoms with Crippen LogP contribution in [0.5, 0.6) is 5.75 Å². The summed E-state index contributed by atoms with van der Waals surface area (Å²) in [4.78, 5) is 4.60. The number of benzene rings is 2. The predicted molar refractivity (Wildman–Crippen MR) is 83.6 cm³/mol. The largest absolute Gasteiger partial charge is 0.493 e. The zero-order valence-corrected chi connectivity index (χ0v) is 12.2. The molecular formula is C17H20N2O. The number of para-hydroxylation sites is 3. The third-order valence-electron chi connectivity index (χ3n) is 3.87. The predicted octanol–water partition coefficient (Wildman–Crippen LogP) is 3.67. The van der Waals surface area contributed by atoms with E-state index in [0.717, 1.165) is 5.75 Å². The molecule has 0 amide bonds. The molecule has 0 saturated carbocycles. The summed E-state index contributed by atoms with van der Waals surface area (Å²) in [5.41, 5.74) is 3.72. The Bertz CT molecular complexity index is 582. The molecule has 1 aliphatic rings. The highest BCUT2D eigenvalue weighted by molar-refractivity contribution is 5.78. The van der Waals surface area contributed by atoms with Gasteiger partial charge in [-0.25, -0.2) is 0 Å². The number of hydrogen-bond acceptors (Lipinski definition) is 3. The Morgan fingerprint density at radius 2 is 1.45 bits per heavy atom. The molecule has 0 aliphatic carbocycles. The van der Waals surface area contributed by atoms with Gasteiger partial charge in [-0.3, -0.25) is 0 Å². The van der Waals surface area contributed by atoms with Crippen LogP contribution in [0.4, 0.5) is 11.4 Å². The van der Waals surface area contributed by atoms with Crippen molar-refractivity contribution in [1.82, 2.24) is 0 Å². The molecule has 0 atom stereocenters. The number of rotatable bonds is 3. The summed E-state index contributed by atoms with van der Waals surface area (Å²) in [6, 6.07) is 16.8. The van der Waals surface area contributed by atoms with Gasteiger partial charge in [0.15, 0.2) is 0 Å². The Labute approximate surface area is 120 Å². The molecule has 0 bridgehead atoms. The summed E-state index contributed by atoms with van der Waals surface area (Å²) in [5.74, 6) is 0.964. The minimum Gasteiger partial charge on any atom is -0.493 e. The topological polar surface area (TPSA) is 15.7 Å². The van der Waals surface area contributed by atoms with Crippen molar-refractivity contribution in [3.05, 3.63) is 54.1 Å². The van der Waals surface area contributed by atoms with Crippen LogP contribution in [-0.4, -0.2) is 20.7 Å². The number of anilines is 2. The van der Waals surface area contributed by atoms with Gasteiger partial charge < -0.3 is 14.5 Å². The van der Waals surface area contributed by atoms with E-state index in [4.69, 9.17) is 4.74 Å². The third kappa shape index (κ3) is 1.90. The normalized spacial score (nSPS) is 14.6. The quantitative estimate of drug-likeness (QED) is 0.844. The molecule has 104 valence electrons. The van der Waals surface area contributed by atoms with Crippen LogP contribution >= 0.6 is 0 Å². The molecule has 3 nitrogen and oxygen atoms in total. The van der Waals surface area contributed by atoms with Crippen molar-refractivity contribution < 1.29 is 4.74 Å². The number of fused-ring (bicyclic) bond motifs is 1. The average Bonchev–Trinajstić information content (AvgIpc) is 2.73. The van der Waals surface area contributed by atoms with Crippen LogP contribution < -0.4 is 14.5 Å². The zero-order valence-electron chi connectivity index (χ0n) is 12.2. The van der Waals surface area contributed by atoms with Crippen molar-refractivity contribution in [3.63, 3.8) is 0 Å². The van der Waals surface area contributed by atoms with E-state index in [0.29, 0.717) is 6.61 Å². The number of hydrogen-bond donors (Lipinski definition) is 0. The van der Waals surface area contributed by atoms with Gasteiger partial charge in [0, 0.05) is 19.7 Å². The van der Waals surface area contributed by atoms with Crippen molar-refractivity contribution in [2.45, 2.75) is 13.1 Å². The molecular weight excluding hydrogens is 248 g/mol. The fourth-order valence-electron chi connectivity index (χ4n) is 2.98. The fourth-order valence-corrected chi connectivity index (χ4v) is 2.98. The van der Waals surface area contributed by atoms with E-state index in [1.54, 1.807) is 0 Å². The summed E-state index contributed by atoms with van der Waals surface area (Å²) >= 11 is 0. The lowest BCUT2D eigenvalue weighted by atomic mass is 10.1. The monoisotopic (exact) mass is 268 g/mol. The maximum atomic E-state index is 5.79. The van der Waals surface area contributed by atoms with Gasteiger partial charge in [0.2, 0.25) is 0 Å². The van der Waals surface area contributed by atoms with Crippen molar-refractivity contribution in [2.75, 3.05) is 30.5 Å². The van der Waals surface area contributed by atoms with Crippen LogP contribution in [0.2, 0.25) is 0 Å². The first kappa shape index (κ1) is 12.9. The summed E-state index contributed by atoms with van der Waals surface area (Å²) in [5, 5.41) is 0. The molecule has 3 rings (SSSR count). The van der Waals surface area contributed by atoms with Gasteiger partial charge in [-0.1, -0.05) is 30.3 Å². The van der Waals surface area contributed by atoms with Crippen molar-refractivity contribution in [2.24, 2.45) is 0 Å². The van der Waals surface area contributed by atoms with E-state index in [1.165, 1.54) is 16.9 Å². The standard InChI is InChI=1S/C17H20N2O/c1-4-20-16-12-8-5-9-13(16)17-18(2)14-10-6-7-11-15(14)19(17)3/h5-12,17H,4H2,1-3H3. The molecule has 0 saturated heterocycles. The maximum absolute atomic E-state index is 5.79. The molecule has 2 aromatic carbocycles. The molecule has 0 N–H and O–H groups in total. The molecule has 1 aliphatic heterocycles. The minimum atomic E-state index is 0.176. The third-order valence-corrected chi connectivity index (χ3v) is 3.87. The molecule has 0 unspecified atom stereocenters. The second kappa shape index (κ2) is 5.08. The Balaban J connectivity index is 2.05. The van der Waals surface area contributed by atoms with Crippen LogP contribution in [0.25, 0.3) is 0 Å².